The first kappa shape index (κ1) is 25.5. The number of hydrogen-bond acceptors (Lipinski definition) is 6. The van der Waals surface area contributed by atoms with Crippen LogP contribution in [0.4, 0.5) is 10.1 Å². The molecule has 0 radical (unpaired) electrons. The number of carbonyl (C=O) groups excluding carboxylic acids is 1. The number of ether oxygens (including phenoxy) is 2. The Morgan fingerprint density at radius 3 is 2.47 bits per heavy atom. The molecular weight excluding hydrogens is 551 g/mol. The molecule has 1 heterocycles. The number of halogens is 2. The van der Waals surface area contributed by atoms with Gasteiger partial charge in [-0.2, -0.15) is 0 Å². The molecule has 4 rings (SSSR count). The quantitative estimate of drug-likeness (QED) is 0.345. The van der Waals surface area contributed by atoms with Gasteiger partial charge in [-0.25, -0.2) is 14.2 Å². The Hall–Kier alpha value is -3.63. The molecule has 3 aromatic rings. The van der Waals surface area contributed by atoms with Crippen LogP contribution in [0, 0.1) is 5.82 Å². The molecule has 184 valence electrons. The van der Waals surface area contributed by atoms with Crippen molar-refractivity contribution >= 4 is 56.5 Å². The molecule has 0 saturated carbocycles. The molecule has 1 aliphatic heterocycles. The highest BCUT2D eigenvalue weighted by molar-refractivity contribution is 9.10. The van der Waals surface area contributed by atoms with Crippen LogP contribution in [0.5, 0.6) is 11.5 Å². The first-order valence-corrected chi connectivity index (χ1v) is 12.2. The maximum Gasteiger partial charge on any atom is 0.335 e. The van der Waals surface area contributed by atoms with Crippen LogP contribution < -0.4 is 9.47 Å². The van der Waals surface area contributed by atoms with Crippen LogP contribution in [0.2, 0.25) is 0 Å². The minimum Gasteiger partial charge on any atom is -0.493 e. The molecule has 1 saturated heterocycles. The van der Waals surface area contributed by atoms with Gasteiger partial charge >= 0.3 is 5.97 Å². The Morgan fingerprint density at radius 2 is 1.83 bits per heavy atom. The van der Waals surface area contributed by atoms with E-state index in [0.29, 0.717) is 37.3 Å². The maximum atomic E-state index is 13.1. The Kier molecular flexibility index (Phi) is 7.76. The highest BCUT2D eigenvalue weighted by atomic mass is 79.9. The van der Waals surface area contributed by atoms with E-state index in [-0.39, 0.29) is 23.9 Å². The lowest BCUT2D eigenvalue weighted by Gasteiger charge is -2.13. The SMILES string of the molecule is COc1cc(/C=C2\SC(=Nc3ccc(C(=O)O)cc3)N(C)C2=O)c(Br)cc1OCc1ccc(F)cc1. The van der Waals surface area contributed by atoms with E-state index in [1.807, 2.05) is 0 Å². The summed E-state index contributed by atoms with van der Waals surface area (Å²) in [4.78, 5) is 30.3. The number of amides is 1. The number of aromatic carboxylic acids is 1. The summed E-state index contributed by atoms with van der Waals surface area (Å²) in [7, 11) is 3.15. The van der Waals surface area contributed by atoms with Crippen molar-refractivity contribution in [1.82, 2.24) is 4.90 Å². The van der Waals surface area contributed by atoms with Crippen molar-refractivity contribution < 1.29 is 28.6 Å². The normalized spacial score (nSPS) is 15.6. The summed E-state index contributed by atoms with van der Waals surface area (Å²) < 4.78 is 25.2. The molecule has 36 heavy (non-hydrogen) atoms. The van der Waals surface area contributed by atoms with Crippen molar-refractivity contribution in [3.8, 4) is 11.5 Å². The molecule has 0 atom stereocenters. The van der Waals surface area contributed by atoms with E-state index in [0.717, 1.165) is 5.56 Å². The van der Waals surface area contributed by atoms with Gasteiger partial charge in [-0.05, 0) is 77.5 Å². The van der Waals surface area contributed by atoms with Gasteiger partial charge in [0.05, 0.1) is 23.3 Å². The van der Waals surface area contributed by atoms with E-state index in [1.54, 1.807) is 49.5 Å². The molecule has 3 aromatic carbocycles. The molecule has 0 aromatic heterocycles. The fourth-order valence-corrected chi connectivity index (χ4v) is 4.67. The number of carboxylic acids is 1. The molecule has 0 unspecified atom stereocenters. The second-order valence-corrected chi connectivity index (χ2v) is 9.52. The third-order valence-corrected chi connectivity index (χ3v) is 6.97. The summed E-state index contributed by atoms with van der Waals surface area (Å²) in [6.45, 7) is 0.232. The van der Waals surface area contributed by atoms with Crippen LogP contribution in [0.25, 0.3) is 6.08 Å². The Morgan fingerprint density at radius 1 is 1.14 bits per heavy atom. The first-order chi connectivity index (χ1) is 17.2. The second kappa shape index (κ2) is 11.0. The van der Waals surface area contributed by atoms with Crippen LogP contribution in [0.15, 0.2) is 75.0 Å². The maximum absolute atomic E-state index is 13.1. The average Bonchev–Trinajstić information content (AvgIpc) is 3.12. The lowest BCUT2D eigenvalue weighted by molar-refractivity contribution is -0.121. The summed E-state index contributed by atoms with van der Waals surface area (Å²) in [5, 5.41) is 9.52. The number of hydrogen-bond donors (Lipinski definition) is 1. The van der Waals surface area contributed by atoms with E-state index in [2.05, 4.69) is 20.9 Å². The Labute approximate surface area is 219 Å². The second-order valence-electron chi connectivity index (χ2n) is 7.66. The Bertz CT molecular complexity index is 1370. The van der Waals surface area contributed by atoms with Gasteiger partial charge in [-0.1, -0.05) is 28.1 Å². The highest BCUT2D eigenvalue weighted by Gasteiger charge is 2.30. The van der Waals surface area contributed by atoms with Gasteiger partial charge in [-0.15, -0.1) is 0 Å². The van der Waals surface area contributed by atoms with Crippen molar-refractivity contribution in [2.24, 2.45) is 4.99 Å². The molecule has 7 nitrogen and oxygen atoms in total. The molecule has 1 aliphatic rings. The molecule has 0 spiro atoms. The van der Waals surface area contributed by atoms with Crippen molar-refractivity contribution in [3.63, 3.8) is 0 Å². The van der Waals surface area contributed by atoms with E-state index in [9.17, 15) is 14.0 Å². The molecule has 0 bridgehead atoms. The number of rotatable bonds is 7. The third-order valence-electron chi connectivity index (χ3n) is 5.22. The zero-order chi connectivity index (χ0) is 25.8. The number of methoxy groups -OCH3 is 1. The van der Waals surface area contributed by atoms with Crippen LogP contribution in [0.3, 0.4) is 0 Å². The van der Waals surface area contributed by atoms with Gasteiger partial charge in [-0.3, -0.25) is 9.69 Å². The summed E-state index contributed by atoms with van der Waals surface area (Å²) in [5.41, 5.74) is 2.21. The minimum absolute atomic E-state index is 0.159. The van der Waals surface area contributed by atoms with Crippen LogP contribution in [0.1, 0.15) is 21.5 Å². The van der Waals surface area contributed by atoms with E-state index >= 15 is 0 Å². The predicted molar refractivity (Wildman–Crippen MR) is 140 cm³/mol. The molecule has 1 amide bonds. The molecule has 1 N–H and O–H groups in total. The Balaban J connectivity index is 1.55. The summed E-state index contributed by atoms with van der Waals surface area (Å²) in [5.74, 6) is -0.585. The lowest BCUT2D eigenvalue weighted by atomic mass is 10.1. The topological polar surface area (TPSA) is 88.4 Å². The fourth-order valence-electron chi connectivity index (χ4n) is 3.26. The number of likely N-dealkylation sites (N-methyl/N-ethyl adjacent to an activating group) is 1. The predicted octanol–water partition coefficient (Wildman–Crippen LogP) is 6.11. The largest absolute Gasteiger partial charge is 0.493 e. The molecule has 10 heteroatoms. The monoisotopic (exact) mass is 570 g/mol. The standard InChI is InChI=1S/C26H20BrFN2O5S/c1-30-24(31)23(36-26(30)29-19-9-5-16(6-10-19)25(32)33)12-17-11-21(34-2)22(13-20(17)27)35-14-15-3-7-18(28)8-4-15/h3-13H,14H2,1-2H3,(H,32,33)/b23-12-,29-26?. The van der Waals surface area contributed by atoms with E-state index < -0.39 is 5.97 Å². The summed E-state index contributed by atoms with van der Waals surface area (Å²) >= 11 is 4.74. The van der Waals surface area contributed by atoms with Gasteiger partial charge < -0.3 is 14.6 Å². The first-order valence-electron chi connectivity index (χ1n) is 10.6. The zero-order valence-electron chi connectivity index (χ0n) is 19.2. The number of thioether (sulfide) groups is 1. The van der Waals surface area contributed by atoms with Crippen molar-refractivity contribution in [1.29, 1.82) is 0 Å². The number of carbonyl (C=O) groups is 2. The highest BCUT2D eigenvalue weighted by Crippen LogP contribution is 2.38. The average molecular weight is 571 g/mol. The van der Waals surface area contributed by atoms with Crippen LogP contribution in [-0.4, -0.2) is 41.2 Å². The van der Waals surface area contributed by atoms with E-state index in [4.69, 9.17) is 14.6 Å². The van der Waals surface area contributed by atoms with Gasteiger partial charge in [0.15, 0.2) is 16.7 Å². The summed E-state index contributed by atoms with van der Waals surface area (Å²) in [6.07, 6.45) is 1.73. The van der Waals surface area contributed by atoms with Gasteiger partial charge in [0, 0.05) is 11.5 Å². The number of benzene rings is 3. The summed E-state index contributed by atoms with van der Waals surface area (Å²) in [6, 6.07) is 15.6. The fraction of sp³-hybridized carbons (Fsp3) is 0.115. The van der Waals surface area contributed by atoms with Crippen molar-refractivity contribution in [3.05, 3.63) is 92.5 Å². The van der Waals surface area contributed by atoms with Crippen LogP contribution >= 0.6 is 27.7 Å². The van der Waals surface area contributed by atoms with E-state index in [1.165, 1.54) is 48.0 Å². The van der Waals surface area contributed by atoms with Crippen molar-refractivity contribution in [2.75, 3.05) is 14.2 Å². The number of amidine groups is 1. The van der Waals surface area contributed by atoms with Crippen molar-refractivity contribution in [2.45, 2.75) is 6.61 Å². The molecular formula is C26H20BrFN2O5S. The third kappa shape index (κ3) is 5.77. The van der Waals surface area contributed by atoms with Gasteiger partial charge in [0.1, 0.15) is 12.4 Å². The molecule has 0 aliphatic carbocycles. The number of aliphatic imine (C=N–C) groups is 1. The minimum atomic E-state index is -1.02. The number of nitrogens with zero attached hydrogens (tertiary/aromatic N) is 2. The molecule has 1 fully saturated rings. The number of carboxylic acid groups (broad SMARTS) is 1. The smallest absolute Gasteiger partial charge is 0.335 e. The van der Waals surface area contributed by atoms with Gasteiger partial charge in [0.25, 0.3) is 5.91 Å². The zero-order valence-corrected chi connectivity index (χ0v) is 21.6. The van der Waals surface area contributed by atoms with Crippen LogP contribution in [-0.2, 0) is 11.4 Å². The lowest BCUT2D eigenvalue weighted by Crippen LogP contribution is -2.23. The van der Waals surface area contributed by atoms with Gasteiger partial charge in [0.2, 0.25) is 0 Å².